The number of nitrogens with two attached hydrogens (primary N) is 1. The van der Waals surface area contributed by atoms with Crippen molar-refractivity contribution >= 4 is 15.9 Å². The molecule has 0 bridgehead atoms. The SMILES string of the molecule is CC(C)Oc1ccc(C(N)c2cccc(Br)c2)cc1. The Balaban J connectivity index is 2.17. The normalized spacial score (nSPS) is 12.5. The van der Waals surface area contributed by atoms with Gasteiger partial charge in [-0.15, -0.1) is 0 Å². The minimum atomic E-state index is -0.120. The second-order valence-corrected chi connectivity index (χ2v) is 5.68. The zero-order valence-corrected chi connectivity index (χ0v) is 12.7. The summed E-state index contributed by atoms with van der Waals surface area (Å²) in [5.41, 5.74) is 8.44. The van der Waals surface area contributed by atoms with Gasteiger partial charge in [-0.25, -0.2) is 0 Å². The average molecular weight is 320 g/mol. The molecular formula is C16H18BrNO. The highest BCUT2D eigenvalue weighted by Crippen LogP contribution is 2.24. The lowest BCUT2D eigenvalue weighted by atomic mass is 10.00. The Labute approximate surface area is 122 Å². The lowest BCUT2D eigenvalue weighted by Crippen LogP contribution is -2.12. The summed E-state index contributed by atoms with van der Waals surface area (Å²) in [6.07, 6.45) is 0.185. The van der Waals surface area contributed by atoms with Crippen molar-refractivity contribution in [1.82, 2.24) is 0 Å². The zero-order chi connectivity index (χ0) is 13.8. The van der Waals surface area contributed by atoms with E-state index in [2.05, 4.69) is 15.9 Å². The van der Waals surface area contributed by atoms with E-state index >= 15 is 0 Å². The lowest BCUT2D eigenvalue weighted by molar-refractivity contribution is 0.242. The van der Waals surface area contributed by atoms with Crippen LogP contribution in [0.4, 0.5) is 0 Å². The van der Waals surface area contributed by atoms with Crippen LogP contribution in [0.3, 0.4) is 0 Å². The van der Waals surface area contributed by atoms with E-state index in [4.69, 9.17) is 10.5 Å². The molecule has 0 spiro atoms. The summed E-state index contributed by atoms with van der Waals surface area (Å²) in [7, 11) is 0. The van der Waals surface area contributed by atoms with Gasteiger partial charge in [0.2, 0.25) is 0 Å². The molecule has 0 heterocycles. The smallest absolute Gasteiger partial charge is 0.119 e. The van der Waals surface area contributed by atoms with Crippen LogP contribution < -0.4 is 10.5 Å². The molecule has 2 aromatic rings. The van der Waals surface area contributed by atoms with Gasteiger partial charge in [-0.1, -0.05) is 40.2 Å². The van der Waals surface area contributed by atoms with E-state index in [0.29, 0.717) is 0 Å². The van der Waals surface area contributed by atoms with Crippen molar-refractivity contribution < 1.29 is 4.74 Å². The van der Waals surface area contributed by atoms with Crippen LogP contribution in [0.2, 0.25) is 0 Å². The van der Waals surface area contributed by atoms with Crippen LogP contribution in [0.15, 0.2) is 53.0 Å². The Morgan fingerprint density at radius 1 is 1.00 bits per heavy atom. The molecule has 0 aliphatic rings. The number of hydrogen-bond donors (Lipinski definition) is 1. The van der Waals surface area contributed by atoms with E-state index < -0.39 is 0 Å². The maximum Gasteiger partial charge on any atom is 0.119 e. The Kier molecular flexibility index (Phi) is 4.61. The molecule has 2 rings (SSSR count). The van der Waals surface area contributed by atoms with Gasteiger partial charge in [-0.05, 0) is 49.2 Å². The predicted molar refractivity (Wildman–Crippen MR) is 82.4 cm³/mol. The molecule has 0 saturated carbocycles. The molecule has 0 saturated heterocycles. The fourth-order valence-corrected chi connectivity index (χ4v) is 2.34. The number of benzene rings is 2. The van der Waals surface area contributed by atoms with Gasteiger partial charge in [-0.3, -0.25) is 0 Å². The van der Waals surface area contributed by atoms with Crippen molar-refractivity contribution in [3.63, 3.8) is 0 Å². The fraction of sp³-hybridized carbons (Fsp3) is 0.250. The first-order chi connectivity index (χ1) is 9.06. The molecule has 2 nitrogen and oxygen atoms in total. The molecule has 3 heteroatoms. The summed E-state index contributed by atoms with van der Waals surface area (Å²) in [5, 5.41) is 0. The molecule has 1 unspecified atom stereocenters. The molecule has 1 atom stereocenters. The monoisotopic (exact) mass is 319 g/mol. The Hall–Kier alpha value is -1.32. The maximum atomic E-state index is 6.27. The molecule has 0 aliphatic carbocycles. The lowest BCUT2D eigenvalue weighted by Gasteiger charge is -2.14. The quantitative estimate of drug-likeness (QED) is 0.912. The van der Waals surface area contributed by atoms with Gasteiger partial charge in [0.1, 0.15) is 5.75 Å². The first-order valence-corrected chi connectivity index (χ1v) is 7.13. The largest absolute Gasteiger partial charge is 0.491 e. The van der Waals surface area contributed by atoms with Crippen LogP contribution in [-0.2, 0) is 0 Å². The molecule has 0 amide bonds. The van der Waals surface area contributed by atoms with Gasteiger partial charge in [0.05, 0.1) is 12.1 Å². The summed E-state index contributed by atoms with van der Waals surface area (Å²) >= 11 is 3.47. The summed E-state index contributed by atoms with van der Waals surface area (Å²) < 4.78 is 6.67. The highest BCUT2D eigenvalue weighted by Gasteiger charge is 2.09. The molecule has 100 valence electrons. The minimum Gasteiger partial charge on any atom is -0.491 e. The van der Waals surface area contributed by atoms with Crippen molar-refractivity contribution in [2.75, 3.05) is 0 Å². The molecule has 2 aromatic carbocycles. The molecule has 0 radical (unpaired) electrons. The van der Waals surface area contributed by atoms with Gasteiger partial charge in [0.25, 0.3) is 0 Å². The van der Waals surface area contributed by atoms with Gasteiger partial charge in [-0.2, -0.15) is 0 Å². The van der Waals surface area contributed by atoms with Crippen molar-refractivity contribution in [2.24, 2.45) is 5.73 Å². The van der Waals surface area contributed by atoms with Gasteiger partial charge in [0.15, 0.2) is 0 Å². The van der Waals surface area contributed by atoms with Crippen molar-refractivity contribution in [3.05, 3.63) is 64.1 Å². The molecule has 0 fully saturated rings. The van der Waals surface area contributed by atoms with Crippen LogP contribution in [0.5, 0.6) is 5.75 Å². The number of hydrogen-bond acceptors (Lipinski definition) is 2. The predicted octanol–water partition coefficient (Wildman–Crippen LogP) is 4.28. The first-order valence-electron chi connectivity index (χ1n) is 6.34. The van der Waals surface area contributed by atoms with Crippen LogP contribution >= 0.6 is 15.9 Å². The Morgan fingerprint density at radius 2 is 1.68 bits per heavy atom. The van der Waals surface area contributed by atoms with Crippen LogP contribution in [0, 0.1) is 0 Å². The van der Waals surface area contributed by atoms with Crippen LogP contribution in [0.25, 0.3) is 0 Å². The van der Waals surface area contributed by atoms with E-state index in [1.54, 1.807) is 0 Å². The summed E-state index contributed by atoms with van der Waals surface area (Å²) in [6, 6.07) is 15.9. The van der Waals surface area contributed by atoms with E-state index in [1.807, 2.05) is 62.4 Å². The fourth-order valence-electron chi connectivity index (χ4n) is 1.92. The van der Waals surface area contributed by atoms with Gasteiger partial charge < -0.3 is 10.5 Å². The molecule has 2 N–H and O–H groups in total. The molecule has 0 aromatic heterocycles. The van der Waals surface area contributed by atoms with E-state index in [0.717, 1.165) is 21.3 Å². The third-order valence-corrected chi connectivity index (χ3v) is 3.31. The second kappa shape index (κ2) is 6.22. The maximum absolute atomic E-state index is 6.27. The molecular weight excluding hydrogens is 302 g/mol. The van der Waals surface area contributed by atoms with Crippen LogP contribution in [-0.4, -0.2) is 6.10 Å². The summed E-state index contributed by atoms with van der Waals surface area (Å²) in [5.74, 6) is 0.875. The van der Waals surface area contributed by atoms with E-state index in [9.17, 15) is 0 Å². The van der Waals surface area contributed by atoms with Crippen LogP contribution in [0.1, 0.15) is 31.0 Å². The van der Waals surface area contributed by atoms with Crippen molar-refractivity contribution in [3.8, 4) is 5.75 Å². The standard InChI is InChI=1S/C16H18BrNO/c1-11(2)19-15-8-6-12(7-9-15)16(18)13-4-3-5-14(17)10-13/h3-11,16H,18H2,1-2H3. The van der Waals surface area contributed by atoms with Gasteiger partial charge >= 0.3 is 0 Å². The second-order valence-electron chi connectivity index (χ2n) is 4.77. The third kappa shape index (κ3) is 3.82. The number of rotatable bonds is 4. The first kappa shape index (κ1) is 14.1. The number of halogens is 1. The molecule has 0 aliphatic heterocycles. The highest BCUT2D eigenvalue weighted by atomic mass is 79.9. The Morgan fingerprint density at radius 3 is 2.26 bits per heavy atom. The summed E-state index contributed by atoms with van der Waals surface area (Å²) in [6.45, 7) is 4.03. The van der Waals surface area contributed by atoms with Crippen molar-refractivity contribution in [1.29, 1.82) is 0 Å². The number of ether oxygens (including phenoxy) is 1. The van der Waals surface area contributed by atoms with E-state index in [1.165, 1.54) is 0 Å². The average Bonchev–Trinajstić information content (AvgIpc) is 2.38. The highest BCUT2D eigenvalue weighted by molar-refractivity contribution is 9.10. The minimum absolute atomic E-state index is 0.120. The van der Waals surface area contributed by atoms with Crippen molar-refractivity contribution in [2.45, 2.75) is 26.0 Å². The van der Waals surface area contributed by atoms with E-state index in [-0.39, 0.29) is 12.1 Å². The zero-order valence-electron chi connectivity index (χ0n) is 11.1. The molecule has 19 heavy (non-hydrogen) atoms. The Bertz CT molecular complexity index is 537. The summed E-state index contributed by atoms with van der Waals surface area (Å²) in [4.78, 5) is 0. The third-order valence-electron chi connectivity index (χ3n) is 2.82. The topological polar surface area (TPSA) is 35.2 Å². The van der Waals surface area contributed by atoms with Gasteiger partial charge in [0, 0.05) is 4.47 Å².